The molecule has 44 heavy (non-hydrogen) atoms. The smallest absolute Gasteiger partial charge is 0.328 e. The summed E-state index contributed by atoms with van der Waals surface area (Å²) < 4.78 is 0. The number of nitrogen functional groups attached to an aromatic ring is 1. The van der Waals surface area contributed by atoms with Crippen LogP contribution in [0, 0.1) is 5.41 Å². The number of amides is 4. The van der Waals surface area contributed by atoms with Gasteiger partial charge in [0.15, 0.2) is 5.11 Å². The standard InChI is InChI=1S/C31H33N7O5S/c1-31(23-14-12-22(13-15-23)26(32)33)28(42)37(30(43)38(31)18-21-10-6-3-7-11-21)19-25(39)34-17-24(27(40)41)36-29(44)35-16-20-8-4-2-5-9-20/h2-15,24H,16-19H2,1H3,(H3,32,33)(H,34,39)(H,40,41)(H2,35,36,44)/t24-,31?/m0/s1. The van der Waals surface area contributed by atoms with Crippen LogP contribution >= 0.6 is 12.2 Å². The van der Waals surface area contributed by atoms with Crippen LogP contribution in [0.2, 0.25) is 0 Å². The zero-order valence-corrected chi connectivity index (χ0v) is 24.8. The Labute approximate surface area is 259 Å². The maximum absolute atomic E-state index is 13.9. The molecule has 1 unspecified atom stereocenters. The number of nitrogens with zero attached hydrogens (tertiary/aromatic N) is 2. The first-order chi connectivity index (χ1) is 21.0. The molecule has 3 aromatic rings. The molecule has 4 rings (SSSR count). The van der Waals surface area contributed by atoms with Gasteiger partial charge in [-0.05, 0) is 35.8 Å². The zero-order chi connectivity index (χ0) is 31.9. The number of carboxylic acids is 1. The van der Waals surface area contributed by atoms with E-state index in [0.29, 0.717) is 17.7 Å². The molecule has 4 amide bonds. The number of hydrogen-bond donors (Lipinski definition) is 6. The minimum absolute atomic E-state index is 0.0866. The van der Waals surface area contributed by atoms with Gasteiger partial charge in [0.1, 0.15) is 24.0 Å². The van der Waals surface area contributed by atoms with Gasteiger partial charge in [0.05, 0.1) is 0 Å². The minimum atomic E-state index is -1.47. The predicted octanol–water partition coefficient (Wildman–Crippen LogP) is 1.88. The molecule has 0 aliphatic carbocycles. The number of carboxylic acid groups (broad SMARTS) is 1. The number of aliphatic carboxylic acids is 1. The highest BCUT2D eigenvalue weighted by molar-refractivity contribution is 7.80. The first-order valence-corrected chi connectivity index (χ1v) is 14.1. The van der Waals surface area contributed by atoms with Crippen molar-refractivity contribution in [1.82, 2.24) is 25.8 Å². The molecule has 1 aliphatic heterocycles. The van der Waals surface area contributed by atoms with Crippen molar-refractivity contribution in [2.45, 2.75) is 31.6 Å². The maximum atomic E-state index is 13.9. The van der Waals surface area contributed by atoms with Crippen molar-refractivity contribution in [1.29, 1.82) is 5.41 Å². The SMILES string of the molecule is CC1(c2ccc(C(=N)N)cc2)C(=O)N(CC(=O)NC[C@H](NC(=S)NCc2ccccc2)C(=O)O)C(=O)N1Cc1ccccc1. The summed E-state index contributed by atoms with van der Waals surface area (Å²) in [6.07, 6.45) is 0. The fraction of sp³-hybridized carbons (Fsp3) is 0.226. The van der Waals surface area contributed by atoms with Crippen molar-refractivity contribution in [2.75, 3.05) is 13.1 Å². The third-order valence-corrected chi connectivity index (χ3v) is 7.57. The molecule has 0 bridgehead atoms. The van der Waals surface area contributed by atoms with Crippen molar-refractivity contribution in [2.24, 2.45) is 5.73 Å². The van der Waals surface area contributed by atoms with E-state index in [-0.39, 0.29) is 24.0 Å². The topological polar surface area (TPSA) is 181 Å². The Kier molecular flexibility index (Phi) is 9.91. The molecule has 13 heteroatoms. The molecule has 1 heterocycles. The lowest BCUT2D eigenvalue weighted by Gasteiger charge is -2.32. The number of nitrogens with one attached hydrogen (secondary N) is 4. The quantitative estimate of drug-likeness (QED) is 0.0767. The van der Waals surface area contributed by atoms with Crippen LogP contribution in [-0.2, 0) is 33.0 Å². The summed E-state index contributed by atoms with van der Waals surface area (Å²) in [6.45, 7) is 1.10. The average Bonchev–Trinajstić information content (AvgIpc) is 3.19. The Morgan fingerprint density at radius 2 is 1.55 bits per heavy atom. The molecule has 1 saturated heterocycles. The van der Waals surface area contributed by atoms with E-state index in [1.807, 2.05) is 60.7 Å². The molecule has 12 nitrogen and oxygen atoms in total. The maximum Gasteiger partial charge on any atom is 0.328 e. The van der Waals surface area contributed by atoms with E-state index in [1.54, 1.807) is 31.2 Å². The molecule has 3 aromatic carbocycles. The van der Waals surface area contributed by atoms with Crippen LogP contribution in [0.25, 0.3) is 0 Å². The largest absolute Gasteiger partial charge is 0.480 e. The number of imide groups is 1. The van der Waals surface area contributed by atoms with E-state index < -0.39 is 41.9 Å². The van der Waals surface area contributed by atoms with Crippen molar-refractivity contribution in [3.05, 3.63) is 107 Å². The molecule has 2 atom stereocenters. The molecule has 0 aromatic heterocycles. The molecular formula is C31H33N7O5S. The summed E-state index contributed by atoms with van der Waals surface area (Å²) in [7, 11) is 0. The second-order valence-electron chi connectivity index (χ2n) is 10.3. The lowest BCUT2D eigenvalue weighted by Crippen LogP contribution is -2.52. The Hall–Kier alpha value is -5.30. The van der Waals surface area contributed by atoms with Crippen LogP contribution in [0.1, 0.15) is 29.2 Å². The predicted molar refractivity (Wildman–Crippen MR) is 167 cm³/mol. The first-order valence-electron chi connectivity index (χ1n) is 13.7. The van der Waals surface area contributed by atoms with E-state index in [0.717, 1.165) is 16.0 Å². The number of nitrogens with two attached hydrogens (primary N) is 1. The number of hydrogen-bond acceptors (Lipinski definition) is 6. The van der Waals surface area contributed by atoms with Gasteiger partial charge in [-0.1, -0.05) is 84.9 Å². The minimum Gasteiger partial charge on any atom is -0.480 e. The molecule has 7 N–H and O–H groups in total. The Bertz CT molecular complexity index is 1550. The van der Waals surface area contributed by atoms with Gasteiger partial charge in [0.25, 0.3) is 5.91 Å². The highest BCUT2D eigenvalue weighted by atomic mass is 32.1. The third-order valence-electron chi connectivity index (χ3n) is 7.31. The van der Waals surface area contributed by atoms with Gasteiger partial charge in [-0.25, -0.2) is 9.59 Å². The van der Waals surface area contributed by atoms with Gasteiger partial charge in [-0.2, -0.15) is 0 Å². The summed E-state index contributed by atoms with van der Waals surface area (Å²) in [5.74, 6) is -2.74. The van der Waals surface area contributed by atoms with Crippen LogP contribution in [0.4, 0.5) is 4.79 Å². The van der Waals surface area contributed by atoms with Gasteiger partial charge in [0, 0.05) is 25.2 Å². The highest BCUT2D eigenvalue weighted by Crippen LogP contribution is 2.38. The number of benzene rings is 3. The number of urea groups is 1. The Balaban J connectivity index is 1.45. The molecule has 0 saturated carbocycles. The van der Waals surface area contributed by atoms with Crippen LogP contribution in [0.3, 0.4) is 0 Å². The Morgan fingerprint density at radius 1 is 0.955 bits per heavy atom. The van der Waals surface area contributed by atoms with E-state index in [2.05, 4.69) is 16.0 Å². The lowest BCUT2D eigenvalue weighted by molar-refractivity contribution is -0.139. The fourth-order valence-electron chi connectivity index (χ4n) is 4.79. The van der Waals surface area contributed by atoms with Crippen molar-refractivity contribution in [3.63, 3.8) is 0 Å². The van der Waals surface area contributed by atoms with Gasteiger partial charge < -0.3 is 31.7 Å². The number of rotatable bonds is 12. The first kappa shape index (κ1) is 31.6. The van der Waals surface area contributed by atoms with Gasteiger partial charge in [-0.3, -0.25) is 19.9 Å². The normalized spacial score (nSPS) is 16.8. The summed E-state index contributed by atoms with van der Waals surface area (Å²) in [6, 6.07) is 23.0. The van der Waals surface area contributed by atoms with Crippen molar-refractivity contribution < 1.29 is 24.3 Å². The van der Waals surface area contributed by atoms with Crippen LogP contribution < -0.4 is 21.7 Å². The van der Waals surface area contributed by atoms with Gasteiger partial charge in [-0.15, -0.1) is 0 Å². The second kappa shape index (κ2) is 13.8. The highest BCUT2D eigenvalue weighted by Gasteiger charge is 2.55. The summed E-state index contributed by atoms with van der Waals surface area (Å²) in [5, 5.41) is 25.5. The molecule has 0 spiro atoms. The molecule has 1 fully saturated rings. The molecule has 228 valence electrons. The number of carbonyl (C=O) groups excluding carboxylic acids is 3. The third kappa shape index (κ3) is 7.18. The van der Waals surface area contributed by atoms with Crippen LogP contribution in [-0.4, -0.2) is 68.8 Å². The monoisotopic (exact) mass is 615 g/mol. The van der Waals surface area contributed by atoms with Gasteiger partial charge in [0.2, 0.25) is 5.91 Å². The number of carbonyl (C=O) groups is 4. The van der Waals surface area contributed by atoms with Crippen LogP contribution in [0.5, 0.6) is 0 Å². The number of thiocarbonyl (C=S) groups is 1. The van der Waals surface area contributed by atoms with Crippen LogP contribution in [0.15, 0.2) is 84.9 Å². The summed E-state index contributed by atoms with van der Waals surface area (Å²) in [5.41, 5.74) is 6.77. The van der Waals surface area contributed by atoms with E-state index in [1.165, 1.54) is 4.90 Å². The summed E-state index contributed by atoms with van der Waals surface area (Å²) >= 11 is 5.22. The van der Waals surface area contributed by atoms with Gasteiger partial charge >= 0.3 is 12.0 Å². The average molecular weight is 616 g/mol. The number of amidine groups is 1. The van der Waals surface area contributed by atoms with E-state index in [9.17, 15) is 24.3 Å². The van der Waals surface area contributed by atoms with Crippen molar-refractivity contribution >= 4 is 47.0 Å². The zero-order valence-electron chi connectivity index (χ0n) is 23.9. The molecular weight excluding hydrogens is 582 g/mol. The van der Waals surface area contributed by atoms with E-state index >= 15 is 0 Å². The molecule has 1 aliphatic rings. The fourth-order valence-corrected chi connectivity index (χ4v) is 5.00. The summed E-state index contributed by atoms with van der Waals surface area (Å²) in [4.78, 5) is 54.6. The second-order valence-corrected chi connectivity index (χ2v) is 10.7. The van der Waals surface area contributed by atoms with Crippen molar-refractivity contribution in [3.8, 4) is 0 Å². The lowest BCUT2D eigenvalue weighted by atomic mass is 9.89. The molecule has 0 radical (unpaired) electrons. The van der Waals surface area contributed by atoms with E-state index in [4.69, 9.17) is 23.4 Å². The Morgan fingerprint density at radius 3 is 2.11 bits per heavy atom.